The first kappa shape index (κ1) is 19.5. The molecular weight excluding hydrogens is 364 g/mol. The van der Waals surface area contributed by atoms with Crippen LogP contribution in [-0.2, 0) is 0 Å². The van der Waals surface area contributed by atoms with Gasteiger partial charge in [-0.3, -0.25) is 4.79 Å². The molecule has 1 amide bonds. The highest BCUT2D eigenvalue weighted by Crippen LogP contribution is 2.20. The molecule has 154 valence electrons. The summed E-state index contributed by atoms with van der Waals surface area (Å²) < 4.78 is 0. The molecule has 2 aliphatic rings. The van der Waals surface area contributed by atoms with Gasteiger partial charge in [0.15, 0.2) is 11.6 Å². The SMILES string of the molecule is CN(C)c1ccc(C(=O)N2CCN(c3ccc(N4CCCCC4)nn3)CC2)cc1. The van der Waals surface area contributed by atoms with E-state index in [2.05, 4.69) is 32.1 Å². The zero-order valence-electron chi connectivity index (χ0n) is 17.4. The minimum Gasteiger partial charge on any atom is -0.378 e. The Bertz CT molecular complexity index is 806. The number of carbonyl (C=O) groups excluding carboxylic acids is 1. The van der Waals surface area contributed by atoms with Crippen LogP contribution in [0.25, 0.3) is 0 Å². The van der Waals surface area contributed by atoms with Crippen molar-refractivity contribution >= 4 is 23.2 Å². The van der Waals surface area contributed by atoms with Crippen molar-refractivity contribution in [1.29, 1.82) is 0 Å². The van der Waals surface area contributed by atoms with Gasteiger partial charge in [0.2, 0.25) is 0 Å². The van der Waals surface area contributed by atoms with Crippen LogP contribution in [0.5, 0.6) is 0 Å². The fourth-order valence-electron chi connectivity index (χ4n) is 4.00. The van der Waals surface area contributed by atoms with Gasteiger partial charge in [-0.25, -0.2) is 0 Å². The molecule has 1 aromatic carbocycles. The number of hydrogen-bond donors (Lipinski definition) is 0. The third kappa shape index (κ3) is 4.44. The van der Waals surface area contributed by atoms with E-state index in [0.717, 1.165) is 49.1 Å². The fourth-order valence-corrected chi connectivity index (χ4v) is 4.00. The van der Waals surface area contributed by atoms with Crippen molar-refractivity contribution in [2.24, 2.45) is 0 Å². The lowest BCUT2D eigenvalue weighted by molar-refractivity contribution is 0.0746. The second-order valence-electron chi connectivity index (χ2n) is 8.02. The molecule has 0 spiro atoms. The van der Waals surface area contributed by atoms with E-state index in [1.54, 1.807) is 0 Å². The summed E-state index contributed by atoms with van der Waals surface area (Å²) in [6, 6.07) is 11.9. The summed E-state index contributed by atoms with van der Waals surface area (Å²) in [5.74, 6) is 1.97. The van der Waals surface area contributed by atoms with E-state index >= 15 is 0 Å². The zero-order valence-corrected chi connectivity index (χ0v) is 17.4. The highest BCUT2D eigenvalue weighted by atomic mass is 16.2. The third-order valence-corrected chi connectivity index (χ3v) is 5.84. The molecule has 0 radical (unpaired) electrons. The van der Waals surface area contributed by atoms with Crippen molar-refractivity contribution in [1.82, 2.24) is 15.1 Å². The van der Waals surface area contributed by atoms with Crippen molar-refractivity contribution in [3.05, 3.63) is 42.0 Å². The molecule has 4 rings (SSSR count). The maximum absolute atomic E-state index is 12.8. The van der Waals surface area contributed by atoms with E-state index in [4.69, 9.17) is 0 Å². The fraction of sp³-hybridized carbons (Fsp3) is 0.500. The molecule has 0 N–H and O–H groups in total. The minimum atomic E-state index is 0.0986. The van der Waals surface area contributed by atoms with Crippen LogP contribution in [0.1, 0.15) is 29.6 Å². The summed E-state index contributed by atoms with van der Waals surface area (Å²) in [6.07, 6.45) is 3.78. The standard InChI is InChI=1S/C22H30N6O/c1-25(2)19-8-6-18(7-9-19)22(29)28-16-14-27(15-17-28)21-11-10-20(23-24-21)26-12-4-3-5-13-26/h6-11H,3-5,12-17H2,1-2H3. The second-order valence-corrected chi connectivity index (χ2v) is 8.02. The van der Waals surface area contributed by atoms with Gasteiger partial charge in [0, 0.05) is 64.6 Å². The first-order valence-corrected chi connectivity index (χ1v) is 10.5. The number of aromatic nitrogens is 2. The lowest BCUT2D eigenvalue weighted by atomic mass is 10.1. The van der Waals surface area contributed by atoms with Crippen LogP contribution >= 0.6 is 0 Å². The lowest BCUT2D eigenvalue weighted by Gasteiger charge is -2.35. The molecular formula is C22H30N6O. The van der Waals surface area contributed by atoms with Gasteiger partial charge >= 0.3 is 0 Å². The molecule has 3 heterocycles. The number of carbonyl (C=O) groups is 1. The number of piperazine rings is 1. The highest BCUT2D eigenvalue weighted by Gasteiger charge is 2.23. The zero-order chi connectivity index (χ0) is 20.2. The molecule has 0 bridgehead atoms. The molecule has 2 fully saturated rings. The van der Waals surface area contributed by atoms with Gasteiger partial charge in [-0.15, -0.1) is 10.2 Å². The van der Waals surface area contributed by atoms with Crippen LogP contribution in [0.4, 0.5) is 17.3 Å². The first-order chi connectivity index (χ1) is 14.1. The number of benzene rings is 1. The second kappa shape index (κ2) is 8.68. The van der Waals surface area contributed by atoms with E-state index in [1.165, 1.54) is 19.3 Å². The van der Waals surface area contributed by atoms with Crippen LogP contribution in [0.15, 0.2) is 36.4 Å². The molecule has 1 aromatic heterocycles. The van der Waals surface area contributed by atoms with Gasteiger partial charge in [0.05, 0.1) is 0 Å². The van der Waals surface area contributed by atoms with Gasteiger partial charge in [0.1, 0.15) is 0 Å². The topological polar surface area (TPSA) is 55.8 Å². The Morgan fingerprint density at radius 1 is 0.759 bits per heavy atom. The summed E-state index contributed by atoms with van der Waals surface area (Å²) in [4.78, 5) is 21.3. The van der Waals surface area contributed by atoms with E-state index < -0.39 is 0 Å². The predicted molar refractivity (Wildman–Crippen MR) is 117 cm³/mol. The third-order valence-electron chi connectivity index (χ3n) is 5.84. The maximum Gasteiger partial charge on any atom is 0.253 e. The Balaban J connectivity index is 1.33. The number of hydrogen-bond acceptors (Lipinski definition) is 6. The summed E-state index contributed by atoms with van der Waals surface area (Å²) >= 11 is 0. The largest absolute Gasteiger partial charge is 0.378 e. The first-order valence-electron chi connectivity index (χ1n) is 10.5. The van der Waals surface area contributed by atoms with E-state index in [9.17, 15) is 4.79 Å². The normalized spacial score (nSPS) is 17.4. The molecule has 2 saturated heterocycles. The van der Waals surface area contributed by atoms with Crippen LogP contribution in [0.3, 0.4) is 0 Å². The average Bonchev–Trinajstić information content (AvgIpc) is 2.79. The average molecular weight is 395 g/mol. The summed E-state index contributed by atoms with van der Waals surface area (Å²) in [6.45, 7) is 5.10. The Morgan fingerprint density at radius 3 is 1.83 bits per heavy atom. The van der Waals surface area contributed by atoms with Crippen LogP contribution in [0.2, 0.25) is 0 Å². The quantitative estimate of drug-likeness (QED) is 0.794. The van der Waals surface area contributed by atoms with Crippen molar-refractivity contribution in [3.8, 4) is 0 Å². The number of rotatable bonds is 4. The Morgan fingerprint density at radius 2 is 1.31 bits per heavy atom. The summed E-state index contributed by atoms with van der Waals surface area (Å²) in [5.41, 5.74) is 1.84. The van der Waals surface area contributed by atoms with Gasteiger partial charge in [-0.2, -0.15) is 0 Å². The molecule has 2 aromatic rings. The predicted octanol–water partition coefficient (Wildman–Crippen LogP) is 2.50. The summed E-state index contributed by atoms with van der Waals surface area (Å²) in [7, 11) is 4.00. The molecule has 29 heavy (non-hydrogen) atoms. The number of amides is 1. The molecule has 0 atom stereocenters. The van der Waals surface area contributed by atoms with Crippen LogP contribution < -0.4 is 14.7 Å². The number of piperidine rings is 1. The van der Waals surface area contributed by atoms with Crippen molar-refractivity contribution in [2.75, 3.05) is 68.1 Å². The monoisotopic (exact) mass is 394 g/mol. The van der Waals surface area contributed by atoms with Crippen molar-refractivity contribution in [3.63, 3.8) is 0 Å². The Hall–Kier alpha value is -2.83. The molecule has 2 aliphatic heterocycles. The minimum absolute atomic E-state index is 0.0986. The van der Waals surface area contributed by atoms with Gasteiger partial charge in [0.25, 0.3) is 5.91 Å². The Kier molecular flexibility index (Phi) is 5.83. The van der Waals surface area contributed by atoms with E-state index in [0.29, 0.717) is 13.1 Å². The van der Waals surface area contributed by atoms with Gasteiger partial charge < -0.3 is 19.6 Å². The molecule has 7 nitrogen and oxygen atoms in total. The van der Waals surface area contributed by atoms with Crippen LogP contribution in [-0.4, -0.2) is 74.4 Å². The molecule has 7 heteroatoms. The maximum atomic E-state index is 12.8. The summed E-state index contributed by atoms with van der Waals surface area (Å²) in [5, 5.41) is 8.91. The van der Waals surface area contributed by atoms with E-state index in [-0.39, 0.29) is 5.91 Å². The van der Waals surface area contributed by atoms with Crippen molar-refractivity contribution < 1.29 is 4.79 Å². The van der Waals surface area contributed by atoms with Crippen molar-refractivity contribution in [2.45, 2.75) is 19.3 Å². The lowest BCUT2D eigenvalue weighted by Crippen LogP contribution is -2.49. The Labute approximate surface area is 172 Å². The molecule has 0 aliphatic carbocycles. The number of nitrogens with zero attached hydrogens (tertiary/aromatic N) is 6. The molecule has 0 saturated carbocycles. The van der Waals surface area contributed by atoms with E-state index in [1.807, 2.05) is 48.2 Å². The molecule has 0 unspecified atom stereocenters. The highest BCUT2D eigenvalue weighted by molar-refractivity contribution is 5.94. The van der Waals surface area contributed by atoms with Crippen LogP contribution in [0, 0.1) is 0 Å². The number of anilines is 3. The van der Waals surface area contributed by atoms with Gasteiger partial charge in [-0.05, 0) is 55.7 Å². The van der Waals surface area contributed by atoms with Gasteiger partial charge in [-0.1, -0.05) is 0 Å². The smallest absolute Gasteiger partial charge is 0.253 e.